The fraction of sp³-hybridized carbons (Fsp3) is 0.524. The molecule has 0 radical (unpaired) electrons. The van der Waals surface area contributed by atoms with Gasteiger partial charge in [-0.1, -0.05) is 39.8 Å². The predicted molar refractivity (Wildman–Crippen MR) is 119 cm³/mol. The van der Waals surface area contributed by atoms with E-state index in [9.17, 15) is 18.0 Å². The molecule has 2 aliphatic heterocycles. The Balaban J connectivity index is 0.00000320. The standard InChI is InChI=1S/C21H29N3O4S.ClH/c1-13(2)18-19-17(24(21(18)26)29(5,27)28)10-11-23(19)20(25)16-8-6-15(7-9-16)12-22-14(3)4;/h6-10,13-14,18-19,22H,11-12H2,1-5H3;1H/t18-,19+;/m1./s1. The van der Waals surface area contributed by atoms with Gasteiger partial charge in [-0.2, -0.15) is 0 Å². The van der Waals surface area contributed by atoms with Crippen LogP contribution in [0, 0.1) is 11.8 Å². The second-order valence-corrected chi connectivity index (χ2v) is 10.2. The summed E-state index contributed by atoms with van der Waals surface area (Å²) < 4.78 is 25.3. The van der Waals surface area contributed by atoms with E-state index in [-0.39, 0.29) is 30.8 Å². The molecule has 1 aromatic carbocycles. The minimum atomic E-state index is -3.73. The number of nitrogens with zero attached hydrogens (tertiary/aromatic N) is 2. The number of nitrogens with one attached hydrogen (secondary N) is 1. The molecule has 7 nitrogen and oxygen atoms in total. The Morgan fingerprint density at radius 1 is 1.17 bits per heavy atom. The first kappa shape index (κ1) is 24.4. The van der Waals surface area contributed by atoms with Crippen molar-refractivity contribution in [2.45, 2.75) is 46.3 Å². The number of benzene rings is 1. The van der Waals surface area contributed by atoms with Crippen LogP contribution in [-0.2, 0) is 21.4 Å². The van der Waals surface area contributed by atoms with Gasteiger partial charge < -0.3 is 10.2 Å². The predicted octanol–water partition coefficient (Wildman–Crippen LogP) is 2.39. The zero-order valence-corrected chi connectivity index (χ0v) is 19.6. The van der Waals surface area contributed by atoms with Crippen LogP contribution >= 0.6 is 12.4 Å². The largest absolute Gasteiger partial charge is 0.325 e. The Morgan fingerprint density at radius 3 is 2.27 bits per heavy atom. The zero-order valence-electron chi connectivity index (χ0n) is 18.0. The molecule has 0 unspecified atom stereocenters. The van der Waals surface area contributed by atoms with E-state index in [0.717, 1.165) is 22.7 Å². The van der Waals surface area contributed by atoms with Crippen molar-refractivity contribution in [1.82, 2.24) is 14.5 Å². The lowest BCUT2D eigenvalue weighted by molar-refractivity contribution is -0.128. The minimum Gasteiger partial charge on any atom is -0.325 e. The van der Waals surface area contributed by atoms with E-state index >= 15 is 0 Å². The van der Waals surface area contributed by atoms with Crippen LogP contribution in [0.25, 0.3) is 0 Å². The maximum Gasteiger partial charge on any atom is 0.254 e. The van der Waals surface area contributed by atoms with Crippen molar-refractivity contribution in [3.8, 4) is 0 Å². The van der Waals surface area contributed by atoms with Crippen molar-refractivity contribution in [3.05, 3.63) is 47.2 Å². The van der Waals surface area contributed by atoms with Crippen LogP contribution in [0.2, 0.25) is 0 Å². The molecule has 0 aliphatic carbocycles. The van der Waals surface area contributed by atoms with E-state index in [4.69, 9.17) is 0 Å². The number of hydrogen-bond acceptors (Lipinski definition) is 5. The first-order valence-corrected chi connectivity index (χ1v) is 11.7. The maximum absolute atomic E-state index is 13.2. The highest BCUT2D eigenvalue weighted by Crippen LogP contribution is 2.41. The van der Waals surface area contributed by atoms with E-state index in [2.05, 4.69) is 19.2 Å². The number of carbonyl (C=O) groups is 2. The molecule has 0 bridgehead atoms. The number of sulfonamides is 1. The number of fused-ring (bicyclic) bond motifs is 1. The summed E-state index contributed by atoms with van der Waals surface area (Å²) in [4.78, 5) is 27.7. The summed E-state index contributed by atoms with van der Waals surface area (Å²) in [6, 6.07) is 7.22. The minimum absolute atomic E-state index is 0. The van der Waals surface area contributed by atoms with Crippen LogP contribution in [-0.4, -0.2) is 54.3 Å². The molecule has 0 spiro atoms. The molecule has 2 heterocycles. The quantitative estimate of drug-likeness (QED) is 0.711. The lowest BCUT2D eigenvalue weighted by Crippen LogP contribution is -2.42. The first-order chi connectivity index (χ1) is 13.5. The molecule has 2 aliphatic rings. The van der Waals surface area contributed by atoms with Gasteiger partial charge >= 0.3 is 0 Å². The Hall–Kier alpha value is -1.90. The lowest BCUT2D eigenvalue weighted by atomic mass is 9.89. The van der Waals surface area contributed by atoms with Gasteiger partial charge in [0.2, 0.25) is 15.9 Å². The highest BCUT2D eigenvalue weighted by molar-refractivity contribution is 7.89. The molecule has 0 aromatic heterocycles. The number of carbonyl (C=O) groups excluding carboxylic acids is 2. The molecule has 1 aromatic rings. The van der Waals surface area contributed by atoms with E-state index in [0.29, 0.717) is 17.3 Å². The Bertz CT molecular complexity index is 942. The Labute approximate surface area is 185 Å². The summed E-state index contributed by atoms with van der Waals surface area (Å²) in [7, 11) is -3.73. The van der Waals surface area contributed by atoms with Gasteiger partial charge in [-0.3, -0.25) is 9.59 Å². The molecular weight excluding hydrogens is 426 g/mol. The van der Waals surface area contributed by atoms with Gasteiger partial charge in [0.15, 0.2) is 0 Å². The summed E-state index contributed by atoms with van der Waals surface area (Å²) in [5.74, 6) is -1.32. The van der Waals surface area contributed by atoms with Gasteiger partial charge in [-0.15, -0.1) is 12.4 Å². The molecular formula is C21H30ClN3O4S. The highest BCUT2D eigenvalue weighted by Gasteiger charge is 2.54. The lowest BCUT2D eigenvalue weighted by Gasteiger charge is -2.29. The van der Waals surface area contributed by atoms with Crippen molar-refractivity contribution in [1.29, 1.82) is 0 Å². The average molecular weight is 456 g/mol. The number of amides is 2. The average Bonchev–Trinajstić information content (AvgIpc) is 3.15. The van der Waals surface area contributed by atoms with Gasteiger partial charge in [0.05, 0.1) is 23.9 Å². The second kappa shape index (κ2) is 9.08. The van der Waals surface area contributed by atoms with Crippen LogP contribution in [0.4, 0.5) is 0 Å². The van der Waals surface area contributed by atoms with Crippen molar-refractivity contribution < 1.29 is 18.0 Å². The second-order valence-electron chi connectivity index (χ2n) is 8.40. The van der Waals surface area contributed by atoms with Crippen molar-refractivity contribution in [2.75, 3.05) is 12.8 Å². The Kier molecular flexibility index (Phi) is 7.37. The zero-order chi connectivity index (χ0) is 21.5. The van der Waals surface area contributed by atoms with Gasteiger partial charge in [0.1, 0.15) is 0 Å². The third-order valence-electron chi connectivity index (χ3n) is 5.42. The van der Waals surface area contributed by atoms with Gasteiger partial charge in [0.25, 0.3) is 5.91 Å². The molecule has 2 amide bonds. The van der Waals surface area contributed by atoms with Crippen molar-refractivity contribution >= 4 is 34.2 Å². The van der Waals surface area contributed by atoms with E-state index < -0.39 is 27.9 Å². The number of rotatable bonds is 6. The number of hydrogen-bond donors (Lipinski definition) is 1. The molecule has 9 heteroatoms. The topological polar surface area (TPSA) is 86.8 Å². The van der Waals surface area contributed by atoms with Crippen molar-refractivity contribution in [3.63, 3.8) is 0 Å². The fourth-order valence-electron chi connectivity index (χ4n) is 4.03. The fourth-order valence-corrected chi connectivity index (χ4v) is 5.05. The third-order valence-corrected chi connectivity index (χ3v) is 6.48. The molecule has 2 atom stereocenters. The number of halogens is 1. The van der Waals surface area contributed by atoms with E-state index in [1.165, 1.54) is 0 Å². The molecule has 1 fully saturated rings. The van der Waals surface area contributed by atoms with Crippen molar-refractivity contribution in [2.24, 2.45) is 11.8 Å². The molecule has 30 heavy (non-hydrogen) atoms. The molecule has 3 rings (SSSR count). The molecule has 0 saturated carbocycles. The van der Waals surface area contributed by atoms with Crippen LogP contribution in [0.5, 0.6) is 0 Å². The molecule has 166 valence electrons. The monoisotopic (exact) mass is 455 g/mol. The normalized spacial score (nSPS) is 21.2. The smallest absolute Gasteiger partial charge is 0.254 e. The summed E-state index contributed by atoms with van der Waals surface area (Å²) >= 11 is 0. The highest BCUT2D eigenvalue weighted by atomic mass is 35.5. The van der Waals surface area contributed by atoms with Gasteiger partial charge in [0, 0.05) is 24.7 Å². The SMILES string of the molecule is CC(C)NCc1ccc(C(=O)N2CC=C3[C@H]2[C@@H](C(C)C)C(=O)N3S(C)(=O)=O)cc1.Cl. The first-order valence-electron chi connectivity index (χ1n) is 9.90. The maximum atomic E-state index is 13.2. The van der Waals surface area contributed by atoms with Gasteiger partial charge in [-0.05, 0) is 29.7 Å². The van der Waals surface area contributed by atoms with E-state index in [1.807, 2.05) is 26.0 Å². The van der Waals surface area contributed by atoms with Crippen LogP contribution in [0.15, 0.2) is 36.0 Å². The van der Waals surface area contributed by atoms with Crippen LogP contribution in [0.1, 0.15) is 43.6 Å². The van der Waals surface area contributed by atoms with Crippen LogP contribution in [0.3, 0.4) is 0 Å². The molecule has 1 saturated heterocycles. The summed E-state index contributed by atoms with van der Waals surface area (Å²) in [6.07, 6.45) is 2.71. The van der Waals surface area contributed by atoms with E-state index in [1.54, 1.807) is 23.1 Å². The van der Waals surface area contributed by atoms with Gasteiger partial charge in [-0.25, -0.2) is 12.7 Å². The van der Waals surface area contributed by atoms with Crippen LogP contribution < -0.4 is 5.32 Å². The summed E-state index contributed by atoms with van der Waals surface area (Å²) in [5.41, 5.74) is 2.01. The summed E-state index contributed by atoms with van der Waals surface area (Å²) in [5, 5.41) is 3.33. The molecule has 1 N–H and O–H groups in total. The Morgan fingerprint density at radius 2 is 1.77 bits per heavy atom. The third kappa shape index (κ3) is 4.55. The summed E-state index contributed by atoms with van der Waals surface area (Å²) in [6.45, 7) is 8.91.